The van der Waals surface area contributed by atoms with Gasteiger partial charge in [-0.05, 0) is 53.1 Å². The molecule has 0 aromatic heterocycles. The molecule has 0 aliphatic rings. The third-order valence-corrected chi connectivity index (χ3v) is 4.83. The fraction of sp³-hybridized carbons (Fsp3) is 0.737. The molecule has 0 spiro atoms. The van der Waals surface area contributed by atoms with Gasteiger partial charge in [0.1, 0.15) is 0 Å². The van der Waals surface area contributed by atoms with Gasteiger partial charge in [0.25, 0.3) is 0 Å². The van der Waals surface area contributed by atoms with Gasteiger partial charge in [-0.1, -0.05) is 20.8 Å². The van der Waals surface area contributed by atoms with Crippen LogP contribution < -0.4 is 5.19 Å². The predicted octanol–water partition coefficient (Wildman–Crippen LogP) is 4.12. The predicted molar refractivity (Wildman–Crippen MR) is 106 cm³/mol. The first-order valence-electron chi connectivity index (χ1n) is 8.87. The number of halogens is 1. The molecule has 0 radical (unpaired) electrons. The SMILES string of the molecule is CCC(C)O.CCC(C)O.CCC(C)O.C[Si](C)(F)[c-]1cccc1.[Zr]. The van der Waals surface area contributed by atoms with Crippen molar-refractivity contribution in [1.29, 1.82) is 0 Å². The third kappa shape index (κ3) is 32.4. The first-order chi connectivity index (χ1) is 10.9. The van der Waals surface area contributed by atoms with Crippen LogP contribution in [0.15, 0.2) is 24.3 Å². The van der Waals surface area contributed by atoms with Gasteiger partial charge in [0.2, 0.25) is 8.41 Å². The second kappa shape index (κ2) is 20.6. The molecule has 0 heterocycles. The maximum absolute atomic E-state index is 13.1. The van der Waals surface area contributed by atoms with E-state index >= 15 is 0 Å². The summed E-state index contributed by atoms with van der Waals surface area (Å²) in [5, 5.41) is 26.0. The fourth-order valence-corrected chi connectivity index (χ4v) is 1.76. The van der Waals surface area contributed by atoms with Crippen molar-refractivity contribution in [1.82, 2.24) is 0 Å². The van der Waals surface area contributed by atoms with E-state index < -0.39 is 8.41 Å². The van der Waals surface area contributed by atoms with Crippen LogP contribution >= 0.6 is 0 Å². The van der Waals surface area contributed by atoms with Crippen LogP contribution in [0.5, 0.6) is 0 Å². The van der Waals surface area contributed by atoms with E-state index in [1.165, 1.54) is 0 Å². The van der Waals surface area contributed by atoms with E-state index in [-0.39, 0.29) is 44.5 Å². The first kappa shape index (κ1) is 32.9. The van der Waals surface area contributed by atoms with Gasteiger partial charge in [0.15, 0.2) is 0 Å². The summed E-state index contributed by atoms with van der Waals surface area (Å²) in [6.07, 6.45) is 2.24. The molecule has 3 nitrogen and oxygen atoms in total. The van der Waals surface area contributed by atoms with Gasteiger partial charge in [0, 0.05) is 26.2 Å². The van der Waals surface area contributed by atoms with E-state index in [0.717, 1.165) is 24.4 Å². The van der Waals surface area contributed by atoms with E-state index in [2.05, 4.69) is 0 Å². The number of aliphatic hydroxyl groups is 3. The number of hydrogen-bond donors (Lipinski definition) is 3. The summed E-state index contributed by atoms with van der Waals surface area (Å²) in [6.45, 7) is 14.6. The van der Waals surface area contributed by atoms with Gasteiger partial charge in [-0.15, -0.1) is 5.19 Å². The van der Waals surface area contributed by atoms with E-state index in [9.17, 15) is 4.11 Å². The van der Waals surface area contributed by atoms with Gasteiger partial charge >= 0.3 is 0 Å². The largest absolute Gasteiger partial charge is 0.393 e. The molecule has 0 saturated heterocycles. The van der Waals surface area contributed by atoms with Crippen LogP contribution in [-0.4, -0.2) is 42.0 Å². The second-order valence-corrected chi connectivity index (χ2v) is 9.94. The summed E-state index contributed by atoms with van der Waals surface area (Å²) in [7, 11) is -2.48. The Kier molecular flexibility index (Phi) is 27.1. The quantitative estimate of drug-likeness (QED) is 0.364. The number of aliphatic hydroxyl groups excluding tert-OH is 3. The summed E-state index contributed by atoms with van der Waals surface area (Å²) >= 11 is 0. The molecule has 1 aromatic rings. The van der Waals surface area contributed by atoms with Crippen LogP contribution in [-0.2, 0) is 26.2 Å². The minimum Gasteiger partial charge on any atom is -0.393 e. The Hall–Kier alpha value is 0.260. The summed E-state index contributed by atoms with van der Waals surface area (Å²) in [5.41, 5.74) is 0. The average Bonchev–Trinajstić information content (AvgIpc) is 3.03. The Morgan fingerprint density at radius 1 is 0.800 bits per heavy atom. The Bertz CT molecular complexity index is 318. The van der Waals surface area contributed by atoms with E-state index in [1.54, 1.807) is 33.9 Å². The Morgan fingerprint density at radius 2 is 1.00 bits per heavy atom. The van der Waals surface area contributed by atoms with Gasteiger partial charge in [0.05, 0.1) is 18.3 Å². The minimum absolute atomic E-state index is 0. The van der Waals surface area contributed by atoms with Crippen molar-refractivity contribution in [2.24, 2.45) is 0 Å². The molecule has 0 fully saturated rings. The third-order valence-electron chi connectivity index (χ3n) is 3.12. The monoisotopic (exact) mass is 453 g/mol. The Labute approximate surface area is 175 Å². The van der Waals surface area contributed by atoms with Crippen molar-refractivity contribution < 1.29 is 45.6 Å². The summed E-state index contributed by atoms with van der Waals surface area (Å²) in [5.74, 6) is 0. The molecule has 1 rings (SSSR count). The topological polar surface area (TPSA) is 60.7 Å². The van der Waals surface area contributed by atoms with Crippen LogP contribution in [0.2, 0.25) is 13.1 Å². The first-order valence-corrected chi connectivity index (χ1v) is 11.7. The molecule has 3 unspecified atom stereocenters. The summed E-state index contributed by atoms with van der Waals surface area (Å²) in [6, 6.07) is 7.46. The maximum atomic E-state index is 13.1. The normalized spacial score (nSPS) is 13.3. The van der Waals surface area contributed by atoms with Gasteiger partial charge < -0.3 is 19.4 Å². The van der Waals surface area contributed by atoms with Crippen LogP contribution in [0.1, 0.15) is 60.8 Å². The maximum Gasteiger partial charge on any atom is 0.214 e. The van der Waals surface area contributed by atoms with Crippen molar-refractivity contribution in [3.63, 3.8) is 0 Å². The molecule has 3 atom stereocenters. The van der Waals surface area contributed by atoms with Crippen LogP contribution in [0.4, 0.5) is 4.11 Å². The van der Waals surface area contributed by atoms with E-state index in [1.807, 2.05) is 45.0 Å². The van der Waals surface area contributed by atoms with Crippen molar-refractivity contribution >= 4 is 13.6 Å². The standard InChI is InChI=1S/C7H10FSi.3C4H10O.Zr/c1-9(2,8)7-5-3-4-6-7;3*1-3-4(2)5;/h3-6H,1-2H3;3*4-5H,3H2,1-2H3;/q-1;;;;. The number of rotatable bonds is 4. The zero-order valence-corrected chi connectivity index (χ0v) is 20.8. The zero-order valence-electron chi connectivity index (χ0n) is 17.4. The van der Waals surface area contributed by atoms with E-state index in [0.29, 0.717) is 0 Å². The molecular formula is C19H40FO3SiZr-. The summed E-state index contributed by atoms with van der Waals surface area (Å²) < 4.78 is 13.1. The molecule has 0 aliphatic heterocycles. The van der Waals surface area contributed by atoms with Crippen molar-refractivity contribution in [3.05, 3.63) is 24.3 Å². The van der Waals surface area contributed by atoms with Gasteiger partial charge in [-0.25, -0.2) is 12.1 Å². The molecule has 150 valence electrons. The molecule has 0 bridgehead atoms. The van der Waals surface area contributed by atoms with Crippen LogP contribution in [0.25, 0.3) is 0 Å². The van der Waals surface area contributed by atoms with Crippen LogP contribution in [0, 0.1) is 0 Å². The molecular weight excluding hydrogens is 415 g/mol. The van der Waals surface area contributed by atoms with Crippen molar-refractivity contribution in [3.8, 4) is 0 Å². The minimum atomic E-state index is -2.48. The second-order valence-electron chi connectivity index (χ2n) is 6.42. The average molecular weight is 455 g/mol. The van der Waals surface area contributed by atoms with Crippen LogP contribution in [0.3, 0.4) is 0 Å². The molecule has 3 N–H and O–H groups in total. The van der Waals surface area contributed by atoms with Crippen molar-refractivity contribution in [2.75, 3.05) is 0 Å². The van der Waals surface area contributed by atoms with Gasteiger partial charge in [-0.3, -0.25) is 0 Å². The molecule has 1 aromatic carbocycles. The van der Waals surface area contributed by atoms with Crippen molar-refractivity contribution in [2.45, 2.75) is 92.2 Å². The Balaban J connectivity index is -0.000000122. The molecule has 0 saturated carbocycles. The summed E-state index contributed by atoms with van der Waals surface area (Å²) in [4.78, 5) is 0. The molecule has 6 heteroatoms. The zero-order chi connectivity index (χ0) is 19.8. The molecule has 0 aliphatic carbocycles. The molecule has 25 heavy (non-hydrogen) atoms. The Morgan fingerprint density at radius 3 is 1.08 bits per heavy atom. The smallest absolute Gasteiger partial charge is 0.214 e. The van der Waals surface area contributed by atoms with E-state index in [4.69, 9.17) is 15.3 Å². The number of hydrogen-bond acceptors (Lipinski definition) is 3. The molecule has 0 amide bonds. The fourth-order valence-electron chi connectivity index (χ4n) is 0.770. The van der Waals surface area contributed by atoms with Gasteiger partial charge in [-0.2, -0.15) is 12.1 Å².